The van der Waals surface area contributed by atoms with E-state index in [9.17, 15) is 18.0 Å². The molecule has 9 nitrogen and oxygen atoms in total. The van der Waals surface area contributed by atoms with Gasteiger partial charge in [0.25, 0.3) is 0 Å². The third-order valence-corrected chi connectivity index (χ3v) is 6.98. The van der Waals surface area contributed by atoms with Crippen LogP contribution in [0.15, 0.2) is 29.2 Å². The molecule has 0 bridgehead atoms. The Hall–Kier alpha value is -2.17. The Morgan fingerprint density at radius 3 is 2.41 bits per heavy atom. The van der Waals surface area contributed by atoms with Crippen molar-refractivity contribution in [2.45, 2.75) is 24.7 Å². The third-order valence-electron chi connectivity index (χ3n) is 5.09. The Bertz CT molecular complexity index is 831. The second-order valence-corrected chi connectivity index (χ2v) is 9.09. The molecule has 10 heteroatoms. The lowest BCUT2D eigenvalue weighted by molar-refractivity contribution is -0.117. The molecule has 29 heavy (non-hydrogen) atoms. The Morgan fingerprint density at radius 1 is 1.07 bits per heavy atom. The monoisotopic (exact) mass is 424 g/mol. The number of hydrogen-bond acceptors (Lipinski definition) is 6. The number of hydrogen-bond donors (Lipinski definition) is 1. The highest BCUT2D eigenvalue weighted by Gasteiger charge is 2.27. The summed E-state index contributed by atoms with van der Waals surface area (Å²) in [4.78, 5) is 27.9. The van der Waals surface area contributed by atoms with Crippen molar-refractivity contribution in [2.75, 3.05) is 57.7 Å². The lowest BCUT2D eigenvalue weighted by atomic mass is 10.3. The number of nitrogens with one attached hydrogen (secondary N) is 1. The molecule has 2 heterocycles. The summed E-state index contributed by atoms with van der Waals surface area (Å²) in [7, 11) is -3.52. The lowest BCUT2D eigenvalue weighted by Crippen LogP contribution is -2.50. The van der Waals surface area contributed by atoms with Crippen molar-refractivity contribution in [1.29, 1.82) is 0 Å². The highest BCUT2D eigenvalue weighted by atomic mass is 32.2. The van der Waals surface area contributed by atoms with Gasteiger partial charge in [-0.15, -0.1) is 0 Å². The highest BCUT2D eigenvalue weighted by Crippen LogP contribution is 2.23. The van der Waals surface area contributed by atoms with Crippen LogP contribution in [-0.4, -0.2) is 86.9 Å². The molecule has 0 atom stereocenters. The summed E-state index contributed by atoms with van der Waals surface area (Å²) in [5.41, 5.74) is 0.459. The van der Waals surface area contributed by atoms with Gasteiger partial charge in [-0.2, -0.15) is 4.31 Å². The fraction of sp³-hybridized carbons (Fsp3) is 0.579. The normalized spacial score (nSPS) is 18.6. The maximum absolute atomic E-state index is 12.7. The molecule has 2 aliphatic rings. The van der Waals surface area contributed by atoms with Crippen LogP contribution in [0.3, 0.4) is 0 Å². The molecule has 3 rings (SSSR count). The van der Waals surface area contributed by atoms with Crippen molar-refractivity contribution in [3.05, 3.63) is 24.3 Å². The summed E-state index contributed by atoms with van der Waals surface area (Å²) in [6.45, 7) is 5.54. The molecule has 1 aromatic rings. The van der Waals surface area contributed by atoms with Crippen molar-refractivity contribution < 1.29 is 22.7 Å². The molecule has 1 N–H and O–H groups in total. The second-order valence-electron chi connectivity index (χ2n) is 7.15. The zero-order chi connectivity index (χ0) is 20.9. The molecule has 2 amide bonds. The van der Waals surface area contributed by atoms with Gasteiger partial charge in [-0.1, -0.05) is 6.07 Å². The number of amides is 2. The standard InChI is InChI=1S/C19H28N4O5S/c1-2-28-19(25)22-12-10-21(11-13-22)15-18(24)20-16-6-5-7-17(14-16)29(26,27)23-8-3-4-9-23/h5-7,14H,2-4,8-13,15H2,1H3,(H,20,24). The number of nitrogens with zero attached hydrogens (tertiary/aromatic N) is 3. The number of rotatable bonds is 6. The van der Waals surface area contributed by atoms with Gasteiger partial charge in [0.2, 0.25) is 15.9 Å². The van der Waals surface area contributed by atoms with Gasteiger partial charge in [0, 0.05) is 45.0 Å². The molecule has 0 unspecified atom stereocenters. The average molecular weight is 425 g/mol. The number of piperazine rings is 1. The zero-order valence-electron chi connectivity index (χ0n) is 16.7. The maximum Gasteiger partial charge on any atom is 0.409 e. The minimum Gasteiger partial charge on any atom is -0.450 e. The first-order chi connectivity index (χ1) is 13.9. The van der Waals surface area contributed by atoms with Gasteiger partial charge in [-0.25, -0.2) is 13.2 Å². The van der Waals surface area contributed by atoms with Crippen LogP contribution in [0, 0.1) is 0 Å². The molecule has 0 radical (unpaired) electrons. The summed E-state index contributed by atoms with van der Waals surface area (Å²) >= 11 is 0. The molecule has 2 aliphatic heterocycles. The number of benzene rings is 1. The van der Waals surface area contributed by atoms with Crippen molar-refractivity contribution >= 4 is 27.7 Å². The minimum absolute atomic E-state index is 0.180. The summed E-state index contributed by atoms with van der Waals surface area (Å²) in [6.07, 6.45) is 1.42. The highest BCUT2D eigenvalue weighted by molar-refractivity contribution is 7.89. The van der Waals surface area contributed by atoms with E-state index in [1.807, 2.05) is 4.90 Å². The van der Waals surface area contributed by atoms with Crippen LogP contribution in [0.1, 0.15) is 19.8 Å². The molecular formula is C19H28N4O5S. The molecule has 0 spiro atoms. The van der Waals surface area contributed by atoms with E-state index in [4.69, 9.17) is 4.74 Å². The van der Waals surface area contributed by atoms with E-state index in [0.717, 1.165) is 12.8 Å². The van der Waals surface area contributed by atoms with Crippen LogP contribution in [0.2, 0.25) is 0 Å². The van der Waals surface area contributed by atoms with E-state index in [1.165, 1.54) is 10.4 Å². The number of carbonyl (C=O) groups is 2. The molecule has 1 aromatic carbocycles. The molecule has 160 valence electrons. The average Bonchev–Trinajstić information content (AvgIpc) is 3.24. The van der Waals surface area contributed by atoms with Crippen LogP contribution < -0.4 is 5.32 Å². The molecule has 0 aliphatic carbocycles. The predicted molar refractivity (Wildman–Crippen MR) is 108 cm³/mol. The Morgan fingerprint density at radius 2 is 1.76 bits per heavy atom. The third kappa shape index (κ3) is 5.46. The van der Waals surface area contributed by atoms with E-state index in [-0.39, 0.29) is 23.4 Å². The molecule has 0 aromatic heterocycles. The molecule has 2 fully saturated rings. The van der Waals surface area contributed by atoms with E-state index in [1.54, 1.807) is 30.0 Å². The first kappa shape index (κ1) is 21.5. The number of anilines is 1. The Balaban J connectivity index is 1.53. The topological polar surface area (TPSA) is 99.3 Å². The first-order valence-corrected chi connectivity index (χ1v) is 11.4. The van der Waals surface area contributed by atoms with Gasteiger partial charge in [0.05, 0.1) is 18.0 Å². The Labute approximate surface area is 171 Å². The lowest BCUT2D eigenvalue weighted by Gasteiger charge is -2.33. The van der Waals surface area contributed by atoms with E-state index in [0.29, 0.717) is 51.6 Å². The largest absolute Gasteiger partial charge is 0.450 e. The van der Waals surface area contributed by atoms with Crippen molar-refractivity contribution in [3.8, 4) is 0 Å². The van der Waals surface area contributed by atoms with Gasteiger partial charge in [-0.3, -0.25) is 9.69 Å². The minimum atomic E-state index is -3.52. The Kier molecular flexibility index (Phi) is 7.09. The van der Waals surface area contributed by atoms with E-state index >= 15 is 0 Å². The first-order valence-electron chi connectivity index (χ1n) is 9.94. The second kappa shape index (κ2) is 9.55. The summed E-state index contributed by atoms with van der Waals surface area (Å²) in [5.74, 6) is -0.217. The van der Waals surface area contributed by atoms with Crippen LogP contribution >= 0.6 is 0 Å². The van der Waals surface area contributed by atoms with E-state index in [2.05, 4.69) is 5.32 Å². The van der Waals surface area contributed by atoms with Crippen LogP contribution in [0.4, 0.5) is 10.5 Å². The fourth-order valence-corrected chi connectivity index (χ4v) is 5.08. The zero-order valence-corrected chi connectivity index (χ0v) is 17.5. The molecular weight excluding hydrogens is 396 g/mol. The van der Waals surface area contributed by atoms with Gasteiger partial charge in [0.1, 0.15) is 0 Å². The summed E-state index contributed by atoms with van der Waals surface area (Å²) in [5, 5.41) is 2.78. The SMILES string of the molecule is CCOC(=O)N1CCN(CC(=O)Nc2cccc(S(=O)(=O)N3CCCC3)c2)CC1. The number of ether oxygens (including phenoxy) is 1. The van der Waals surface area contributed by atoms with Crippen molar-refractivity contribution in [1.82, 2.24) is 14.1 Å². The van der Waals surface area contributed by atoms with Crippen LogP contribution in [0.5, 0.6) is 0 Å². The van der Waals surface area contributed by atoms with Gasteiger partial charge in [0.15, 0.2) is 0 Å². The quantitative estimate of drug-likeness (QED) is 0.736. The fourth-order valence-electron chi connectivity index (χ4n) is 3.52. The van der Waals surface area contributed by atoms with Crippen molar-refractivity contribution in [2.24, 2.45) is 0 Å². The van der Waals surface area contributed by atoms with Crippen LogP contribution in [-0.2, 0) is 19.6 Å². The van der Waals surface area contributed by atoms with Crippen LogP contribution in [0.25, 0.3) is 0 Å². The number of carbonyl (C=O) groups excluding carboxylic acids is 2. The smallest absolute Gasteiger partial charge is 0.409 e. The molecule has 0 saturated carbocycles. The van der Waals surface area contributed by atoms with Gasteiger partial charge < -0.3 is 15.0 Å². The maximum atomic E-state index is 12.7. The van der Waals surface area contributed by atoms with Crippen molar-refractivity contribution in [3.63, 3.8) is 0 Å². The molecule has 2 saturated heterocycles. The van der Waals surface area contributed by atoms with Gasteiger partial charge >= 0.3 is 6.09 Å². The van der Waals surface area contributed by atoms with E-state index < -0.39 is 10.0 Å². The predicted octanol–water partition coefficient (Wildman–Crippen LogP) is 1.18. The summed E-state index contributed by atoms with van der Waals surface area (Å²) in [6, 6.07) is 6.37. The summed E-state index contributed by atoms with van der Waals surface area (Å²) < 4.78 is 31.8. The number of sulfonamides is 1. The van der Waals surface area contributed by atoms with Gasteiger partial charge in [-0.05, 0) is 38.0 Å².